The van der Waals surface area contributed by atoms with Gasteiger partial charge < -0.3 is 4.57 Å². The van der Waals surface area contributed by atoms with Gasteiger partial charge in [0.25, 0.3) is 0 Å². The second-order valence-corrected chi connectivity index (χ2v) is 11.2. The Bertz CT molecular complexity index is 1850. The molecule has 2 aliphatic rings. The molecule has 0 saturated heterocycles. The molecule has 6 rings (SSSR count). The van der Waals surface area contributed by atoms with Crippen LogP contribution >= 0.6 is 0 Å². The van der Waals surface area contributed by atoms with Crippen molar-refractivity contribution in [3.8, 4) is 5.69 Å². The van der Waals surface area contributed by atoms with Gasteiger partial charge in [0.05, 0.1) is 11.0 Å². The molecule has 0 radical (unpaired) electrons. The number of benzene rings is 3. The van der Waals surface area contributed by atoms with Crippen molar-refractivity contribution >= 4 is 27.4 Å². The third-order valence-corrected chi connectivity index (χ3v) is 8.13. The topological polar surface area (TPSA) is 4.93 Å². The summed E-state index contributed by atoms with van der Waals surface area (Å²) >= 11 is 0. The van der Waals surface area contributed by atoms with Crippen molar-refractivity contribution in [2.45, 2.75) is 46.5 Å². The zero-order chi connectivity index (χ0) is 27.1. The van der Waals surface area contributed by atoms with E-state index in [4.69, 9.17) is 0 Å². The lowest BCUT2D eigenvalue weighted by Gasteiger charge is -2.26. The number of nitrogens with zero attached hydrogens (tertiary/aromatic N) is 1. The fraction of sp³-hybridized carbons (Fsp3) is 0.184. The predicted octanol–water partition coefficient (Wildman–Crippen LogP) is 10.1. The van der Waals surface area contributed by atoms with E-state index in [0.29, 0.717) is 0 Å². The van der Waals surface area contributed by atoms with Crippen molar-refractivity contribution in [2.24, 2.45) is 0 Å². The molecule has 1 heteroatoms. The first-order valence-electron chi connectivity index (χ1n) is 13.9. The summed E-state index contributed by atoms with van der Waals surface area (Å²) in [6.45, 7) is 11.0. The summed E-state index contributed by atoms with van der Waals surface area (Å²) in [5, 5.41) is 2.55. The molecule has 0 fully saturated rings. The number of hydrogen-bond donors (Lipinski definition) is 0. The van der Waals surface area contributed by atoms with Crippen LogP contribution in [0.15, 0.2) is 132 Å². The monoisotopic (exact) mass is 505 g/mol. The van der Waals surface area contributed by atoms with Gasteiger partial charge in [-0.15, -0.1) is 5.73 Å². The molecule has 0 bridgehead atoms. The van der Waals surface area contributed by atoms with Gasteiger partial charge >= 0.3 is 0 Å². The summed E-state index contributed by atoms with van der Waals surface area (Å²) in [4.78, 5) is 0. The van der Waals surface area contributed by atoms with Crippen LogP contribution in [-0.4, -0.2) is 4.57 Å². The summed E-state index contributed by atoms with van der Waals surface area (Å²) in [6, 6.07) is 22.8. The Morgan fingerprint density at radius 3 is 2.56 bits per heavy atom. The minimum absolute atomic E-state index is 0.00175. The summed E-state index contributed by atoms with van der Waals surface area (Å²) in [6.07, 6.45) is 18.4. The smallest absolute Gasteiger partial charge is 0.0541 e. The first-order valence-corrected chi connectivity index (χ1v) is 13.9. The van der Waals surface area contributed by atoms with Gasteiger partial charge in [0, 0.05) is 21.9 Å². The Balaban J connectivity index is 1.58. The van der Waals surface area contributed by atoms with E-state index in [2.05, 4.69) is 148 Å². The lowest BCUT2D eigenvalue weighted by Crippen LogP contribution is -2.17. The molecular weight excluding hydrogens is 470 g/mol. The molecule has 1 nitrogen and oxygen atoms in total. The van der Waals surface area contributed by atoms with Gasteiger partial charge in [-0.25, -0.2) is 0 Å². The first-order chi connectivity index (χ1) is 18.9. The van der Waals surface area contributed by atoms with Crippen molar-refractivity contribution in [1.82, 2.24) is 4.57 Å². The molecule has 39 heavy (non-hydrogen) atoms. The quantitative estimate of drug-likeness (QED) is 0.192. The van der Waals surface area contributed by atoms with Crippen LogP contribution in [0.25, 0.3) is 33.1 Å². The highest BCUT2D eigenvalue weighted by Gasteiger charge is 2.23. The summed E-state index contributed by atoms with van der Waals surface area (Å²) in [7, 11) is 0. The van der Waals surface area contributed by atoms with Crippen LogP contribution < -0.4 is 0 Å². The molecule has 4 aromatic rings. The maximum Gasteiger partial charge on any atom is 0.0541 e. The molecule has 0 aliphatic heterocycles. The molecule has 0 spiro atoms. The first kappa shape index (κ1) is 25.0. The van der Waals surface area contributed by atoms with Crippen molar-refractivity contribution in [1.29, 1.82) is 0 Å². The normalized spacial score (nSPS) is 18.5. The van der Waals surface area contributed by atoms with Gasteiger partial charge in [-0.05, 0) is 109 Å². The maximum atomic E-state index is 3.38. The zero-order valence-corrected chi connectivity index (χ0v) is 23.5. The van der Waals surface area contributed by atoms with E-state index in [9.17, 15) is 0 Å². The lowest BCUT2D eigenvalue weighted by molar-refractivity contribution is 0.660. The van der Waals surface area contributed by atoms with Gasteiger partial charge in [-0.1, -0.05) is 80.6 Å². The van der Waals surface area contributed by atoms with Crippen LogP contribution in [0.2, 0.25) is 0 Å². The van der Waals surface area contributed by atoms with Crippen molar-refractivity contribution in [2.75, 3.05) is 0 Å². The van der Waals surface area contributed by atoms with Crippen LogP contribution in [0.5, 0.6) is 0 Å². The fourth-order valence-corrected chi connectivity index (χ4v) is 6.24. The average molecular weight is 506 g/mol. The second-order valence-electron chi connectivity index (χ2n) is 11.2. The average Bonchev–Trinajstić information content (AvgIpc) is 3.48. The summed E-state index contributed by atoms with van der Waals surface area (Å²) in [5.74, 6) is 0. The molecule has 0 saturated carbocycles. The molecule has 1 heterocycles. The van der Waals surface area contributed by atoms with Crippen LogP contribution in [0.1, 0.15) is 51.3 Å². The largest absolute Gasteiger partial charge is 0.309 e. The van der Waals surface area contributed by atoms with E-state index >= 15 is 0 Å². The summed E-state index contributed by atoms with van der Waals surface area (Å²) < 4.78 is 2.43. The number of rotatable bonds is 4. The molecule has 0 amide bonds. The molecule has 0 N–H and O–H groups in total. The minimum Gasteiger partial charge on any atom is -0.309 e. The molecule has 3 aromatic carbocycles. The number of aromatic nitrogens is 1. The van der Waals surface area contributed by atoms with Crippen LogP contribution in [0.4, 0.5) is 0 Å². The second kappa shape index (κ2) is 9.77. The standard InChI is InChI=1S/C38H35N/c1-6-13-27(3)37(31-17-12-14-26(31)2)29-19-22-36-33(25-29)32-16-9-10-18-35(32)39(36)30-20-21-34-28(24-30)15-8-7-11-23-38(34,4)5/h6-13,16-25H,15H2,1-5H3/b8-7-,13-6-,23-11-,37-27+. The van der Waals surface area contributed by atoms with Crippen molar-refractivity contribution in [3.63, 3.8) is 0 Å². The highest BCUT2D eigenvalue weighted by Crippen LogP contribution is 2.39. The maximum absolute atomic E-state index is 3.38. The fourth-order valence-electron chi connectivity index (χ4n) is 6.24. The molecule has 192 valence electrons. The molecule has 2 aliphatic carbocycles. The van der Waals surface area contributed by atoms with Gasteiger partial charge in [0.15, 0.2) is 0 Å². The van der Waals surface area contributed by atoms with Crippen LogP contribution in [0, 0.1) is 0 Å². The Hall–Kier alpha value is -4.32. The van der Waals surface area contributed by atoms with E-state index in [1.54, 1.807) is 0 Å². The number of hydrogen-bond acceptors (Lipinski definition) is 0. The lowest BCUT2D eigenvalue weighted by atomic mass is 9.79. The summed E-state index contributed by atoms with van der Waals surface area (Å²) in [5.41, 5.74) is 16.0. The van der Waals surface area contributed by atoms with Crippen LogP contribution in [0.3, 0.4) is 0 Å². The van der Waals surface area contributed by atoms with E-state index in [1.165, 1.54) is 66.5 Å². The Morgan fingerprint density at radius 2 is 1.77 bits per heavy atom. The van der Waals surface area contributed by atoms with Gasteiger partial charge in [0.1, 0.15) is 0 Å². The highest BCUT2D eigenvalue weighted by molar-refractivity contribution is 6.10. The van der Waals surface area contributed by atoms with Crippen molar-refractivity contribution < 1.29 is 0 Å². The third-order valence-electron chi connectivity index (χ3n) is 8.13. The van der Waals surface area contributed by atoms with Crippen LogP contribution in [-0.2, 0) is 11.8 Å². The molecular formula is C38H35N. The molecule has 0 unspecified atom stereocenters. The van der Waals surface area contributed by atoms with Crippen molar-refractivity contribution in [3.05, 3.63) is 148 Å². The number of allylic oxidation sites excluding steroid dienone is 11. The van der Waals surface area contributed by atoms with Gasteiger partial charge in [0.2, 0.25) is 0 Å². The minimum atomic E-state index is -0.00175. The van der Waals surface area contributed by atoms with E-state index in [-0.39, 0.29) is 5.41 Å². The Kier molecular flexibility index (Phi) is 6.26. The van der Waals surface area contributed by atoms with E-state index in [0.717, 1.165) is 6.42 Å². The number of para-hydroxylation sites is 1. The van der Waals surface area contributed by atoms with Gasteiger partial charge in [-0.3, -0.25) is 0 Å². The highest BCUT2D eigenvalue weighted by atomic mass is 15.0. The van der Waals surface area contributed by atoms with Gasteiger partial charge in [-0.2, -0.15) is 0 Å². The SMILES string of the molecule is C/C=C\C(C)=C(\C1=CC=C=C1C)c1ccc2c(c1)c1ccccc1n2-c1ccc2c(c1)C/C=C\C=C/C2(C)C. The molecule has 1 aromatic heterocycles. The third kappa shape index (κ3) is 4.30. The van der Waals surface area contributed by atoms with E-state index in [1.807, 2.05) is 6.08 Å². The Morgan fingerprint density at radius 1 is 0.949 bits per heavy atom. The number of fused-ring (bicyclic) bond motifs is 4. The zero-order valence-electron chi connectivity index (χ0n) is 23.5. The molecule has 0 atom stereocenters. The Labute approximate surface area is 232 Å². The predicted molar refractivity (Wildman–Crippen MR) is 169 cm³/mol. The van der Waals surface area contributed by atoms with E-state index < -0.39 is 0 Å².